The quantitative estimate of drug-likeness (QED) is 0.757. The highest BCUT2D eigenvalue weighted by Gasteiger charge is 2.13. The summed E-state index contributed by atoms with van der Waals surface area (Å²) in [6.07, 6.45) is 2.57. The molecule has 2 aromatic rings. The van der Waals surface area contributed by atoms with Crippen LogP contribution in [0.1, 0.15) is 17.3 Å². The van der Waals surface area contributed by atoms with Gasteiger partial charge in [0.15, 0.2) is 6.29 Å². The molecule has 0 saturated heterocycles. The SMILES string of the molecule is CCn1cc(C=O)c(-c2ccccc2OC)n1. The Morgan fingerprint density at radius 2 is 2.18 bits per heavy atom. The number of nitrogens with zero attached hydrogens (tertiary/aromatic N) is 2. The molecule has 88 valence electrons. The van der Waals surface area contributed by atoms with Gasteiger partial charge >= 0.3 is 0 Å². The van der Waals surface area contributed by atoms with Gasteiger partial charge in [-0.15, -0.1) is 0 Å². The van der Waals surface area contributed by atoms with Crippen molar-refractivity contribution in [3.05, 3.63) is 36.0 Å². The number of aldehydes is 1. The normalized spacial score (nSPS) is 10.2. The van der Waals surface area contributed by atoms with Crippen LogP contribution in [0.15, 0.2) is 30.5 Å². The first-order chi connectivity index (χ1) is 8.30. The van der Waals surface area contributed by atoms with Crippen LogP contribution in [0.5, 0.6) is 5.75 Å². The Balaban J connectivity index is 2.58. The van der Waals surface area contributed by atoms with E-state index in [1.165, 1.54) is 0 Å². The van der Waals surface area contributed by atoms with Gasteiger partial charge in [0.25, 0.3) is 0 Å². The van der Waals surface area contributed by atoms with Gasteiger partial charge in [-0.25, -0.2) is 0 Å². The summed E-state index contributed by atoms with van der Waals surface area (Å²) in [5.41, 5.74) is 2.08. The van der Waals surface area contributed by atoms with Crippen LogP contribution in [-0.2, 0) is 6.54 Å². The fourth-order valence-corrected chi connectivity index (χ4v) is 1.73. The Hall–Kier alpha value is -2.10. The first-order valence-electron chi connectivity index (χ1n) is 5.46. The minimum atomic E-state index is 0.580. The van der Waals surface area contributed by atoms with Crippen LogP contribution in [0.4, 0.5) is 0 Å². The lowest BCUT2D eigenvalue weighted by Crippen LogP contribution is -1.94. The highest BCUT2D eigenvalue weighted by molar-refractivity contribution is 5.87. The van der Waals surface area contributed by atoms with Gasteiger partial charge < -0.3 is 4.74 Å². The number of hydrogen-bond donors (Lipinski definition) is 0. The third-order valence-corrected chi connectivity index (χ3v) is 2.60. The summed E-state index contributed by atoms with van der Waals surface area (Å²) in [5.74, 6) is 0.719. The molecule has 0 aliphatic heterocycles. The average Bonchev–Trinajstić information content (AvgIpc) is 2.81. The third-order valence-electron chi connectivity index (χ3n) is 2.60. The third kappa shape index (κ3) is 2.06. The maximum Gasteiger partial charge on any atom is 0.153 e. The molecule has 0 spiro atoms. The van der Waals surface area contributed by atoms with E-state index in [0.29, 0.717) is 11.3 Å². The second kappa shape index (κ2) is 4.82. The van der Waals surface area contributed by atoms with E-state index in [1.54, 1.807) is 18.0 Å². The van der Waals surface area contributed by atoms with Crippen molar-refractivity contribution in [1.82, 2.24) is 9.78 Å². The van der Waals surface area contributed by atoms with Crippen molar-refractivity contribution in [2.24, 2.45) is 0 Å². The van der Waals surface area contributed by atoms with Crippen LogP contribution in [0.25, 0.3) is 11.3 Å². The number of rotatable bonds is 4. The highest BCUT2D eigenvalue weighted by atomic mass is 16.5. The minimum Gasteiger partial charge on any atom is -0.496 e. The number of aryl methyl sites for hydroxylation is 1. The van der Waals surface area contributed by atoms with E-state index < -0.39 is 0 Å². The van der Waals surface area contributed by atoms with Gasteiger partial charge in [-0.2, -0.15) is 5.10 Å². The van der Waals surface area contributed by atoms with Crippen LogP contribution >= 0.6 is 0 Å². The van der Waals surface area contributed by atoms with E-state index in [4.69, 9.17) is 4.74 Å². The van der Waals surface area contributed by atoms with Crippen LogP contribution < -0.4 is 4.74 Å². The lowest BCUT2D eigenvalue weighted by atomic mass is 10.1. The summed E-state index contributed by atoms with van der Waals surface area (Å²) in [5, 5.41) is 4.38. The molecule has 0 amide bonds. The van der Waals surface area contributed by atoms with Gasteiger partial charge in [0.05, 0.1) is 12.7 Å². The minimum absolute atomic E-state index is 0.580. The van der Waals surface area contributed by atoms with Crippen LogP contribution in [0.2, 0.25) is 0 Å². The molecule has 0 N–H and O–H groups in total. The molecule has 4 nitrogen and oxygen atoms in total. The Morgan fingerprint density at radius 3 is 2.82 bits per heavy atom. The lowest BCUT2D eigenvalue weighted by molar-refractivity contribution is 0.112. The summed E-state index contributed by atoms with van der Waals surface area (Å²) in [7, 11) is 1.61. The van der Waals surface area contributed by atoms with E-state index in [2.05, 4.69) is 5.10 Å². The molecule has 2 rings (SSSR count). The van der Waals surface area contributed by atoms with E-state index in [1.807, 2.05) is 31.2 Å². The molecule has 0 atom stereocenters. The second-order valence-corrected chi connectivity index (χ2v) is 3.61. The molecule has 0 aliphatic rings. The van der Waals surface area contributed by atoms with Gasteiger partial charge in [-0.1, -0.05) is 12.1 Å². The van der Waals surface area contributed by atoms with Crippen molar-refractivity contribution < 1.29 is 9.53 Å². The summed E-state index contributed by atoms with van der Waals surface area (Å²) in [6, 6.07) is 7.54. The number of benzene rings is 1. The molecule has 0 unspecified atom stereocenters. The maximum absolute atomic E-state index is 11.0. The van der Waals surface area contributed by atoms with Crippen LogP contribution in [0.3, 0.4) is 0 Å². The van der Waals surface area contributed by atoms with Crippen molar-refractivity contribution in [2.45, 2.75) is 13.5 Å². The number of hydrogen-bond acceptors (Lipinski definition) is 3. The zero-order chi connectivity index (χ0) is 12.3. The molecule has 0 aliphatic carbocycles. The number of aromatic nitrogens is 2. The predicted molar refractivity (Wildman–Crippen MR) is 65.3 cm³/mol. The first kappa shape index (κ1) is 11.4. The monoisotopic (exact) mass is 230 g/mol. The maximum atomic E-state index is 11.0. The Labute approximate surface area is 99.8 Å². The van der Waals surface area contributed by atoms with Crippen molar-refractivity contribution >= 4 is 6.29 Å². The van der Waals surface area contributed by atoms with Gasteiger partial charge in [-0.3, -0.25) is 9.48 Å². The fraction of sp³-hybridized carbons (Fsp3) is 0.231. The Morgan fingerprint density at radius 1 is 1.41 bits per heavy atom. The fourth-order valence-electron chi connectivity index (χ4n) is 1.73. The lowest BCUT2D eigenvalue weighted by Gasteiger charge is -2.05. The summed E-state index contributed by atoms with van der Waals surface area (Å²) >= 11 is 0. The number of methoxy groups -OCH3 is 1. The zero-order valence-electron chi connectivity index (χ0n) is 9.88. The average molecular weight is 230 g/mol. The van der Waals surface area contributed by atoms with Gasteiger partial charge in [-0.05, 0) is 19.1 Å². The largest absolute Gasteiger partial charge is 0.496 e. The Kier molecular flexibility index (Phi) is 3.23. The number of ether oxygens (including phenoxy) is 1. The molecule has 0 radical (unpaired) electrons. The molecule has 1 aromatic carbocycles. The molecule has 0 fully saturated rings. The molecule has 1 aromatic heterocycles. The molecule has 4 heteroatoms. The molecule has 1 heterocycles. The van der Waals surface area contributed by atoms with Gasteiger partial charge in [0, 0.05) is 18.3 Å². The number of carbonyl (C=O) groups excluding carboxylic acids is 1. The molecule has 0 saturated carbocycles. The van der Waals surface area contributed by atoms with E-state index in [-0.39, 0.29) is 0 Å². The van der Waals surface area contributed by atoms with Gasteiger partial charge in [0.2, 0.25) is 0 Å². The standard InChI is InChI=1S/C13H14N2O2/c1-3-15-8-10(9-16)13(14-15)11-6-4-5-7-12(11)17-2/h4-9H,3H2,1-2H3. The smallest absolute Gasteiger partial charge is 0.153 e. The van der Waals surface area contributed by atoms with Crippen molar-refractivity contribution in [2.75, 3.05) is 7.11 Å². The second-order valence-electron chi connectivity index (χ2n) is 3.61. The topological polar surface area (TPSA) is 44.1 Å². The van der Waals surface area contributed by atoms with E-state index >= 15 is 0 Å². The number of carbonyl (C=O) groups is 1. The van der Waals surface area contributed by atoms with E-state index in [0.717, 1.165) is 24.1 Å². The van der Waals surface area contributed by atoms with Crippen molar-refractivity contribution in [3.8, 4) is 17.0 Å². The predicted octanol–water partition coefficient (Wildman–Crippen LogP) is 2.39. The molecular formula is C13H14N2O2. The van der Waals surface area contributed by atoms with E-state index in [9.17, 15) is 4.79 Å². The summed E-state index contributed by atoms with van der Waals surface area (Å²) in [4.78, 5) is 11.0. The number of para-hydroxylation sites is 1. The summed E-state index contributed by atoms with van der Waals surface area (Å²) in [6.45, 7) is 2.71. The first-order valence-corrected chi connectivity index (χ1v) is 5.46. The van der Waals surface area contributed by atoms with Crippen molar-refractivity contribution in [1.29, 1.82) is 0 Å². The van der Waals surface area contributed by atoms with Crippen molar-refractivity contribution in [3.63, 3.8) is 0 Å². The zero-order valence-corrected chi connectivity index (χ0v) is 9.88. The molecule has 17 heavy (non-hydrogen) atoms. The van der Waals surface area contributed by atoms with Gasteiger partial charge in [0.1, 0.15) is 11.4 Å². The Bertz CT molecular complexity index is 532. The summed E-state index contributed by atoms with van der Waals surface area (Å²) < 4.78 is 7.02. The van der Waals surface area contributed by atoms with Crippen LogP contribution in [0, 0.1) is 0 Å². The molecular weight excluding hydrogens is 216 g/mol. The molecule has 0 bridgehead atoms. The van der Waals surface area contributed by atoms with Crippen LogP contribution in [-0.4, -0.2) is 23.2 Å². The highest BCUT2D eigenvalue weighted by Crippen LogP contribution is 2.30.